The van der Waals surface area contributed by atoms with Crippen LogP contribution in [0, 0.1) is 11.8 Å². The van der Waals surface area contributed by atoms with Crippen molar-refractivity contribution in [2.75, 3.05) is 0 Å². The zero-order valence-electron chi connectivity index (χ0n) is 15.0. The van der Waals surface area contributed by atoms with Gasteiger partial charge in [0.2, 0.25) is 5.91 Å². The van der Waals surface area contributed by atoms with E-state index in [-0.39, 0.29) is 19.3 Å². The number of aliphatic carboxylic acids is 1. The van der Waals surface area contributed by atoms with Crippen molar-refractivity contribution in [3.63, 3.8) is 0 Å². The van der Waals surface area contributed by atoms with Crippen molar-refractivity contribution in [1.29, 1.82) is 0 Å². The van der Waals surface area contributed by atoms with E-state index >= 15 is 0 Å². The number of fused-ring (bicyclic) bond motifs is 2. The lowest BCUT2D eigenvalue weighted by molar-refractivity contribution is -0.151. The second kappa shape index (κ2) is 6.06. The van der Waals surface area contributed by atoms with Gasteiger partial charge in [-0.15, -0.1) is 0 Å². The third-order valence-corrected chi connectivity index (χ3v) is 5.41. The molecule has 0 bridgehead atoms. The highest BCUT2D eigenvalue weighted by Gasteiger charge is 2.70. The van der Waals surface area contributed by atoms with Crippen LogP contribution in [0.3, 0.4) is 0 Å². The number of amides is 2. The highest BCUT2D eigenvalue weighted by atomic mass is 19.3. The standard InChI is InChI=1S/C17H24F2N2O5/c1-16(2,3)26-15(25)20-11-7-10-9(17(10,18)19)6-8-4-5-12(14(23)24)21(8)13(11)22/h8-12H,4-7H2,1-3H3,(H,20,25)(H,23,24)/t8-,9-,10+,11+,12+/m1/s1. The third-order valence-electron chi connectivity index (χ3n) is 5.41. The number of carbonyl (C=O) groups is 3. The van der Waals surface area contributed by atoms with Gasteiger partial charge in [-0.3, -0.25) is 4.79 Å². The Balaban J connectivity index is 1.83. The van der Waals surface area contributed by atoms with Gasteiger partial charge in [0.25, 0.3) is 5.92 Å². The Labute approximate surface area is 150 Å². The van der Waals surface area contributed by atoms with Crippen LogP contribution in [0.25, 0.3) is 0 Å². The Morgan fingerprint density at radius 1 is 1.23 bits per heavy atom. The number of hydrogen-bond acceptors (Lipinski definition) is 4. The molecule has 3 fully saturated rings. The molecule has 0 aromatic heterocycles. The van der Waals surface area contributed by atoms with Crippen LogP contribution >= 0.6 is 0 Å². The van der Waals surface area contributed by atoms with Crippen molar-refractivity contribution in [2.45, 2.75) is 76.1 Å². The van der Waals surface area contributed by atoms with Crippen molar-refractivity contribution in [3.05, 3.63) is 0 Å². The van der Waals surface area contributed by atoms with Gasteiger partial charge in [0.05, 0.1) is 0 Å². The molecule has 1 aliphatic carbocycles. The minimum atomic E-state index is -2.88. The van der Waals surface area contributed by atoms with Crippen LogP contribution in [0.2, 0.25) is 0 Å². The largest absolute Gasteiger partial charge is 0.480 e. The zero-order valence-corrected chi connectivity index (χ0v) is 15.0. The molecule has 5 atom stereocenters. The van der Waals surface area contributed by atoms with Crippen LogP contribution in [0.1, 0.15) is 46.5 Å². The summed E-state index contributed by atoms with van der Waals surface area (Å²) < 4.78 is 33.3. The Bertz CT molecular complexity index is 633. The molecule has 0 radical (unpaired) electrons. The smallest absolute Gasteiger partial charge is 0.408 e. The van der Waals surface area contributed by atoms with Crippen molar-refractivity contribution < 1.29 is 33.0 Å². The van der Waals surface area contributed by atoms with E-state index in [1.54, 1.807) is 20.8 Å². The minimum Gasteiger partial charge on any atom is -0.480 e. The number of nitrogens with zero attached hydrogens (tertiary/aromatic N) is 1. The molecule has 2 saturated heterocycles. The molecule has 2 amide bonds. The Kier molecular flexibility index (Phi) is 4.39. The highest BCUT2D eigenvalue weighted by molar-refractivity contribution is 5.90. The van der Waals surface area contributed by atoms with Gasteiger partial charge in [-0.1, -0.05) is 0 Å². The summed E-state index contributed by atoms with van der Waals surface area (Å²) in [6.07, 6.45) is -0.383. The monoisotopic (exact) mass is 374 g/mol. The molecule has 2 N–H and O–H groups in total. The summed E-state index contributed by atoms with van der Waals surface area (Å²) in [5.41, 5.74) is -0.805. The van der Waals surface area contributed by atoms with Gasteiger partial charge in [0.15, 0.2) is 0 Å². The maximum absolute atomic E-state index is 14.1. The van der Waals surface area contributed by atoms with E-state index in [0.29, 0.717) is 6.42 Å². The fourth-order valence-electron chi connectivity index (χ4n) is 4.19. The number of alkyl carbamates (subject to hydrolysis) is 1. The van der Waals surface area contributed by atoms with E-state index in [2.05, 4.69) is 5.32 Å². The molecule has 9 heteroatoms. The summed E-state index contributed by atoms with van der Waals surface area (Å²) >= 11 is 0. The highest BCUT2D eigenvalue weighted by Crippen LogP contribution is 2.61. The molecular weight excluding hydrogens is 350 g/mol. The Morgan fingerprint density at radius 3 is 2.42 bits per heavy atom. The molecule has 0 aromatic carbocycles. The Morgan fingerprint density at radius 2 is 1.85 bits per heavy atom. The number of nitrogens with one attached hydrogen (secondary N) is 1. The molecule has 146 valence electrons. The summed E-state index contributed by atoms with van der Waals surface area (Å²) in [5, 5.41) is 11.8. The summed E-state index contributed by atoms with van der Waals surface area (Å²) in [5.74, 6) is -6.51. The van der Waals surface area contributed by atoms with Crippen molar-refractivity contribution in [1.82, 2.24) is 10.2 Å². The van der Waals surface area contributed by atoms with E-state index < -0.39 is 59.5 Å². The molecule has 26 heavy (non-hydrogen) atoms. The van der Waals surface area contributed by atoms with E-state index in [0.717, 1.165) is 0 Å². The van der Waals surface area contributed by atoms with Gasteiger partial charge >= 0.3 is 12.1 Å². The number of carboxylic acids is 1. The maximum Gasteiger partial charge on any atom is 0.408 e. The van der Waals surface area contributed by atoms with Crippen LogP contribution in [-0.4, -0.2) is 57.6 Å². The number of hydrogen-bond donors (Lipinski definition) is 2. The fourth-order valence-corrected chi connectivity index (χ4v) is 4.19. The molecule has 7 nitrogen and oxygen atoms in total. The second-order valence-corrected chi connectivity index (χ2v) is 8.39. The van der Waals surface area contributed by atoms with Gasteiger partial charge in [0, 0.05) is 17.9 Å². The van der Waals surface area contributed by atoms with Crippen LogP contribution in [0.15, 0.2) is 0 Å². The summed E-state index contributed by atoms with van der Waals surface area (Å²) in [7, 11) is 0. The minimum absolute atomic E-state index is 0.104. The second-order valence-electron chi connectivity index (χ2n) is 8.39. The molecule has 2 heterocycles. The van der Waals surface area contributed by atoms with E-state index in [1.165, 1.54) is 4.90 Å². The zero-order chi connectivity index (χ0) is 19.4. The number of carboxylic acid groups (broad SMARTS) is 1. The molecule has 0 spiro atoms. The number of rotatable bonds is 2. The number of alkyl halides is 2. The van der Waals surface area contributed by atoms with Crippen LogP contribution in [0.5, 0.6) is 0 Å². The lowest BCUT2D eigenvalue weighted by Gasteiger charge is -2.34. The third kappa shape index (κ3) is 3.35. The predicted octanol–water partition coefficient (Wildman–Crippen LogP) is 2.00. The van der Waals surface area contributed by atoms with E-state index in [9.17, 15) is 28.3 Å². The lowest BCUT2D eigenvalue weighted by Crippen LogP contribution is -2.55. The fraction of sp³-hybridized carbons (Fsp3) is 0.824. The van der Waals surface area contributed by atoms with Gasteiger partial charge < -0.3 is 20.1 Å². The van der Waals surface area contributed by atoms with Crippen molar-refractivity contribution in [3.8, 4) is 0 Å². The molecule has 3 rings (SSSR count). The molecule has 0 unspecified atom stereocenters. The first-order valence-electron chi connectivity index (χ1n) is 8.84. The van der Waals surface area contributed by atoms with E-state index in [4.69, 9.17) is 4.74 Å². The summed E-state index contributed by atoms with van der Waals surface area (Å²) in [4.78, 5) is 37.6. The van der Waals surface area contributed by atoms with Crippen molar-refractivity contribution in [2.24, 2.45) is 11.8 Å². The summed E-state index contributed by atoms with van der Waals surface area (Å²) in [6, 6.07) is -2.79. The molecule has 1 saturated carbocycles. The molecular formula is C17H24F2N2O5. The number of carbonyl (C=O) groups excluding carboxylic acids is 2. The Hall–Kier alpha value is -1.93. The topological polar surface area (TPSA) is 95.9 Å². The van der Waals surface area contributed by atoms with Crippen LogP contribution in [-0.2, 0) is 14.3 Å². The van der Waals surface area contributed by atoms with Crippen LogP contribution in [0.4, 0.5) is 13.6 Å². The maximum atomic E-state index is 14.1. The quantitative estimate of drug-likeness (QED) is 0.771. The van der Waals surface area contributed by atoms with E-state index in [1.807, 2.05) is 0 Å². The van der Waals surface area contributed by atoms with Crippen molar-refractivity contribution >= 4 is 18.0 Å². The number of ether oxygens (including phenoxy) is 1. The average molecular weight is 374 g/mol. The van der Waals surface area contributed by atoms with Crippen LogP contribution < -0.4 is 5.32 Å². The van der Waals surface area contributed by atoms with Gasteiger partial charge in [-0.25, -0.2) is 18.4 Å². The molecule has 3 aliphatic rings. The molecule has 0 aromatic rings. The normalized spacial score (nSPS) is 35.7. The number of halogens is 2. The first kappa shape index (κ1) is 18.8. The average Bonchev–Trinajstić information content (AvgIpc) is 2.82. The summed E-state index contributed by atoms with van der Waals surface area (Å²) in [6.45, 7) is 4.94. The van der Waals surface area contributed by atoms with Gasteiger partial charge in [0.1, 0.15) is 17.7 Å². The lowest BCUT2D eigenvalue weighted by atomic mass is 9.99. The predicted molar refractivity (Wildman–Crippen MR) is 85.6 cm³/mol. The van der Waals surface area contributed by atoms with Gasteiger partial charge in [-0.2, -0.15) is 0 Å². The first-order chi connectivity index (χ1) is 11.9. The molecule has 2 aliphatic heterocycles. The SMILES string of the molecule is CC(C)(C)OC(=O)N[C@H]1C[C@H]2[C@@H](C[C@H]3CC[C@@H](C(=O)O)N3C1=O)C2(F)F. The first-order valence-corrected chi connectivity index (χ1v) is 8.84. The van der Waals surface area contributed by atoms with Gasteiger partial charge in [-0.05, 0) is 46.5 Å².